The first-order valence-corrected chi connectivity index (χ1v) is 10.7. The Bertz CT molecular complexity index is 1360. The van der Waals surface area contributed by atoms with Gasteiger partial charge in [-0.05, 0) is 48.7 Å². The van der Waals surface area contributed by atoms with E-state index in [1.807, 2.05) is 0 Å². The smallest absolute Gasteiger partial charge is 0.342 e. The molecule has 2 aromatic heterocycles. The van der Waals surface area contributed by atoms with E-state index in [2.05, 4.69) is 20.9 Å². The Morgan fingerprint density at radius 1 is 1.15 bits per heavy atom. The van der Waals surface area contributed by atoms with Crippen molar-refractivity contribution in [3.63, 3.8) is 0 Å². The molecule has 2 heterocycles. The summed E-state index contributed by atoms with van der Waals surface area (Å²) in [6.45, 7) is 0.153. The van der Waals surface area contributed by atoms with E-state index in [9.17, 15) is 19.1 Å². The van der Waals surface area contributed by atoms with Crippen molar-refractivity contribution >= 4 is 17.6 Å². The number of nitrogens with zero attached hydrogens (tertiary/aromatic N) is 3. The highest BCUT2D eigenvalue weighted by Gasteiger charge is 2.30. The molecular formula is C24H20FN5O4. The van der Waals surface area contributed by atoms with Gasteiger partial charge in [0, 0.05) is 35.8 Å². The molecule has 1 aliphatic rings. The first-order chi connectivity index (χ1) is 16.5. The summed E-state index contributed by atoms with van der Waals surface area (Å²) in [6, 6.07) is 13.4. The van der Waals surface area contributed by atoms with Crippen LogP contribution in [0.1, 0.15) is 40.6 Å². The van der Waals surface area contributed by atoms with Gasteiger partial charge in [0.05, 0.1) is 17.6 Å². The van der Waals surface area contributed by atoms with E-state index in [1.54, 1.807) is 30.3 Å². The molecule has 9 nitrogen and oxygen atoms in total. The number of aromatic hydroxyl groups is 1. The fraction of sp³-hybridized carbons (Fsp3) is 0.167. The van der Waals surface area contributed by atoms with Gasteiger partial charge in [0.25, 0.3) is 5.91 Å². The highest BCUT2D eigenvalue weighted by atomic mass is 19.1. The highest BCUT2D eigenvalue weighted by Crippen LogP contribution is 2.42. The van der Waals surface area contributed by atoms with E-state index < -0.39 is 11.9 Å². The largest absolute Gasteiger partial charge is 0.507 e. The molecular weight excluding hydrogens is 441 g/mol. The van der Waals surface area contributed by atoms with Crippen LogP contribution >= 0.6 is 0 Å². The lowest BCUT2D eigenvalue weighted by Gasteiger charge is -2.08. The number of hydrogen-bond acceptors (Lipinski definition) is 6. The summed E-state index contributed by atoms with van der Waals surface area (Å²) in [5.74, 6) is -0.727. The standard InChI is InChI=1S/C24H20FN5O4/c25-16-3-1-2-14(10-16)13-26-24(33)30-20(15-4-5-15)12-19(29-30)18-7-6-17(11-21(18)31)28-23(32)22-8-9-27-34-22/h1-3,6-12,15,31H,4-5,13H2,(H,26,33)(H,28,32). The number of carbonyl (C=O) groups excluding carboxylic acids is 2. The molecule has 0 bridgehead atoms. The lowest BCUT2D eigenvalue weighted by Crippen LogP contribution is -2.30. The van der Waals surface area contributed by atoms with E-state index in [4.69, 9.17) is 4.52 Å². The lowest BCUT2D eigenvalue weighted by atomic mass is 10.1. The molecule has 0 radical (unpaired) electrons. The molecule has 2 aromatic carbocycles. The van der Waals surface area contributed by atoms with E-state index in [-0.39, 0.29) is 29.8 Å². The summed E-state index contributed by atoms with van der Waals surface area (Å²) in [6.07, 6.45) is 3.25. The number of phenols is 1. The van der Waals surface area contributed by atoms with Gasteiger partial charge in [0.1, 0.15) is 11.6 Å². The first kappa shape index (κ1) is 21.4. The molecule has 3 N–H and O–H groups in total. The monoisotopic (exact) mass is 461 g/mol. The number of rotatable bonds is 6. The van der Waals surface area contributed by atoms with Crippen LogP contribution in [0.4, 0.5) is 14.9 Å². The van der Waals surface area contributed by atoms with Gasteiger partial charge in [-0.1, -0.05) is 17.3 Å². The summed E-state index contributed by atoms with van der Waals surface area (Å²) in [4.78, 5) is 25.0. The Kier molecular flexibility index (Phi) is 5.54. The van der Waals surface area contributed by atoms with Crippen LogP contribution in [0.15, 0.2) is 65.3 Å². The van der Waals surface area contributed by atoms with Crippen LogP contribution in [0.3, 0.4) is 0 Å². The second-order valence-electron chi connectivity index (χ2n) is 7.99. The predicted octanol–water partition coefficient (Wildman–Crippen LogP) is 4.27. The Morgan fingerprint density at radius 3 is 2.71 bits per heavy atom. The molecule has 2 amide bonds. The molecule has 1 fully saturated rings. The fourth-order valence-corrected chi connectivity index (χ4v) is 3.61. The van der Waals surface area contributed by atoms with Gasteiger partial charge in [-0.3, -0.25) is 4.79 Å². The maximum absolute atomic E-state index is 13.4. The molecule has 10 heteroatoms. The highest BCUT2D eigenvalue weighted by molar-refractivity contribution is 6.02. The number of nitrogens with one attached hydrogen (secondary N) is 2. The zero-order chi connectivity index (χ0) is 23.7. The Morgan fingerprint density at radius 2 is 2.00 bits per heavy atom. The van der Waals surface area contributed by atoms with Crippen molar-refractivity contribution in [2.45, 2.75) is 25.3 Å². The zero-order valence-corrected chi connectivity index (χ0v) is 17.9. The van der Waals surface area contributed by atoms with Crippen LogP contribution in [-0.4, -0.2) is 32.0 Å². The molecule has 0 atom stereocenters. The molecule has 0 spiro atoms. The SMILES string of the molecule is O=C(Nc1ccc(-c2cc(C3CC3)n(C(=O)NCc3cccc(F)c3)n2)c(O)c1)c1ccno1. The first-order valence-electron chi connectivity index (χ1n) is 10.7. The third-order valence-corrected chi connectivity index (χ3v) is 5.45. The van der Waals surface area contributed by atoms with Crippen LogP contribution in [0.5, 0.6) is 5.75 Å². The van der Waals surface area contributed by atoms with Gasteiger partial charge < -0.3 is 20.3 Å². The zero-order valence-electron chi connectivity index (χ0n) is 17.9. The molecule has 172 valence electrons. The van der Waals surface area contributed by atoms with E-state index in [1.165, 1.54) is 35.1 Å². The quantitative estimate of drug-likeness (QED) is 0.394. The van der Waals surface area contributed by atoms with Gasteiger partial charge in [-0.15, -0.1) is 0 Å². The maximum atomic E-state index is 13.4. The lowest BCUT2D eigenvalue weighted by molar-refractivity contribution is 0.0988. The van der Waals surface area contributed by atoms with Gasteiger partial charge in [-0.2, -0.15) is 9.78 Å². The number of hydrogen-bond donors (Lipinski definition) is 3. The maximum Gasteiger partial charge on any atom is 0.342 e. The van der Waals surface area contributed by atoms with E-state index in [0.717, 1.165) is 18.5 Å². The van der Waals surface area contributed by atoms with Crippen molar-refractivity contribution in [1.82, 2.24) is 20.3 Å². The van der Waals surface area contributed by atoms with Gasteiger partial charge in [-0.25, -0.2) is 9.18 Å². The van der Waals surface area contributed by atoms with Crippen LogP contribution in [0, 0.1) is 5.82 Å². The third kappa shape index (κ3) is 4.51. The Hall–Kier alpha value is -4.47. The summed E-state index contributed by atoms with van der Waals surface area (Å²) in [5, 5.41) is 23.9. The number of amides is 2. The van der Waals surface area contributed by atoms with Crippen molar-refractivity contribution in [1.29, 1.82) is 0 Å². The third-order valence-electron chi connectivity index (χ3n) is 5.45. The molecule has 1 saturated carbocycles. The average Bonchev–Trinajstić information content (AvgIpc) is 3.32. The summed E-state index contributed by atoms with van der Waals surface area (Å²) < 4.78 is 19.5. The van der Waals surface area contributed by atoms with Crippen LogP contribution < -0.4 is 10.6 Å². The minimum atomic E-state index is -0.500. The van der Waals surface area contributed by atoms with Crippen molar-refractivity contribution < 1.29 is 23.6 Å². The van der Waals surface area contributed by atoms with Crippen molar-refractivity contribution in [2.24, 2.45) is 0 Å². The number of aromatic nitrogens is 3. The minimum Gasteiger partial charge on any atom is -0.507 e. The van der Waals surface area contributed by atoms with Crippen molar-refractivity contribution in [3.8, 4) is 17.0 Å². The topological polar surface area (TPSA) is 122 Å². The molecule has 0 unspecified atom stereocenters. The second kappa shape index (κ2) is 8.81. The minimum absolute atomic E-state index is 0.0423. The molecule has 0 aliphatic heterocycles. The Labute approximate surface area is 193 Å². The van der Waals surface area contributed by atoms with Gasteiger partial charge >= 0.3 is 6.03 Å². The number of phenolic OH excluding ortho intramolecular Hbond substituents is 1. The molecule has 5 rings (SSSR count). The number of benzene rings is 2. The summed E-state index contributed by atoms with van der Waals surface area (Å²) in [5.41, 5.74) is 2.57. The average molecular weight is 461 g/mol. The number of halogens is 1. The van der Waals surface area contributed by atoms with Crippen LogP contribution in [0.25, 0.3) is 11.3 Å². The summed E-state index contributed by atoms with van der Waals surface area (Å²) in [7, 11) is 0. The molecule has 34 heavy (non-hydrogen) atoms. The van der Waals surface area contributed by atoms with Gasteiger partial charge in [0.15, 0.2) is 0 Å². The molecule has 4 aromatic rings. The van der Waals surface area contributed by atoms with Crippen LogP contribution in [0.2, 0.25) is 0 Å². The number of anilines is 1. The number of carbonyl (C=O) groups is 2. The van der Waals surface area contributed by atoms with Gasteiger partial charge in [0.2, 0.25) is 5.76 Å². The predicted molar refractivity (Wildman–Crippen MR) is 120 cm³/mol. The second-order valence-corrected chi connectivity index (χ2v) is 7.99. The fourth-order valence-electron chi connectivity index (χ4n) is 3.61. The normalized spacial score (nSPS) is 13.0. The van der Waals surface area contributed by atoms with Crippen molar-refractivity contribution in [3.05, 3.63) is 83.6 Å². The molecule has 0 saturated heterocycles. The van der Waals surface area contributed by atoms with E-state index >= 15 is 0 Å². The van der Waals surface area contributed by atoms with Crippen molar-refractivity contribution in [2.75, 3.05) is 5.32 Å². The Balaban J connectivity index is 1.35. The van der Waals surface area contributed by atoms with Crippen LogP contribution in [-0.2, 0) is 6.54 Å². The van der Waals surface area contributed by atoms with E-state index in [0.29, 0.717) is 22.5 Å². The molecule has 1 aliphatic carbocycles. The summed E-state index contributed by atoms with van der Waals surface area (Å²) >= 11 is 0.